The van der Waals surface area contributed by atoms with Crippen molar-refractivity contribution in [2.45, 2.75) is 69.1 Å². The average molecular weight is 371 g/mol. The molecule has 2 fully saturated rings. The van der Waals surface area contributed by atoms with E-state index in [1.54, 1.807) is 12.1 Å². The number of primary sulfonamides is 1. The number of alkyl halides is 2. The van der Waals surface area contributed by atoms with Gasteiger partial charge < -0.3 is 0 Å². The van der Waals surface area contributed by atoms with Gasteiger partial charge in [-0.1, -0.05) is 32.4 Å². The average Bonchev–Trinajstić information content (AvgIpc) is 3.06. The molecule has 25 heavy (non-hydrogen) atoms. The molecule has 2 aliphatic rings. The second-order valence-electron chi connectivity index (χ2n) is 8.30. The van der Waals surface area contributed by atoms with Crippen LogP contribution in [0, 0.1) is 17.3 Å². The van der Waals surface area contributed by atoms with Crippen molar-refractivity contribution in [3.8, 4) is 0 Å². The molecule has 0 saturated heterocycles. The minimum absolute atomic E-state index is 0.0319. The molecule has 0 heterocycles. The van der Waals surface area contributed by atoms with Gasteiger partial charge in [0.2, 0.25) is 10.0 Å². The molecule has 3 nitrogen and oxygen atoms in total. The van der Waals surface area contributed by atoms with Crippen LogP contribution in [0.15, 0.2) is 29.2 Å². The second kappa shape index (κ2) is 6.31. The molecular weight excluding hydrogens is 344 g/mol. The quantitative estimate of drug-likeness (QED) is 0.817. The third kappa shape index (κ3) is 3.75. The number of hydrogen-bond donors (Lipinski definition) is 1. The zero-order valence-electron chi connectivity index (χ0n) is 14.8. The maximum Gasteiger partial charge on any atom is 0.250 e. The highest BCUT2D eigenvalue weighted by Gasteiger charge is 2.58. The van der Waals surface area contributed by atoms with Gasteiger partial charge in [0.05, 0.1) is 4.90 Å². The number of halogens is 2. The van der Waals surface area contributed by atoms with Crippen molar-refractivity contribution in [2.24, 2.45) is 22.4 Å². The van der Waals surface area contributed by atoms with Crippen LogP contribution in [0.25, 0.3) is 0 Å². The molecular formula is C19H27F2NO2S. The predicted octanol–water partition coefficient (Wildman–Crippen LogP) is 4.68. The molecule has 0 aliphatic heterocycles. The normalized spacial score (nSPS) is 30.8. The van der Waals surface area contributed by atoms with Gasteiger partial charge in [0.25, 0.3) is 5.92 Å². The van der Waals surface area contributed by atoms with Crippen LogP contribution in [-0.2, 0) is 10.0 Å². The molecule has 0 aromatic heterocycles. The lowest BCUT2D eigenvalue weighted by molar-refractivity contribution is -0.0892. The van der Waals surface area contributed by atoms with Crippen LogP contribution in [0.5, 0.6) is 0 Å². The fraction of sp³-hybridized carbons (Fsp3) is 0.684. The summed E-state index contributed by atoms with van der Waals surface area (Å²) in [6, 6.07) is 6.68. The van der Waals surface area contributed by atoms with E-state index in [1.165, 1.54) is 12.1 Å². The van der Waals surface area contributed by atoms with E-state index in [1.807, 2.05) is 0 Å². The Morgan fingerprint density at radius 2 is 1.76 bits per heavy atom. The highest BCUT2D eigenvalue weighted by atomic mass is 32.2. The lowest BCUT2D eigenvalue weighted by Gasteiger charge is -2.31. The van der Waals surface area contributed by atoms with Crippen LogP contribution < -0.4 is 5.14 Å². The smallest absolute Gasteiger partial charge is 0.225 e. The number of sulfonamides is 1. The number of hydrogen-bond acceptors (Lipinski definition) is 2. The summed E-state index contributed by atoms with van der Waals surface area (Å²) in [5, 5.41) is 5.14. The molecule has 140 valence electrons. The summed E-state index contributed by atoms with van der Waals surface area (Å²) >= 11 is 0. The van der Waals surface area contributed by atoms with Gasteiger partial charge in [-0.25, -0.2) is 22.3 Å². The molecule has 0 spiro atoms. The van der Waals surface area contributed by atoms with Crippen molar-refractivity contribution in [3.63, 3.8) is 0 Å². The Morgan fingerprint density at radius 1 is 1.12 bits per heavy atom. The van der Waals surface area contributed by atoms with Gasteiger partial charge >= 0.3 is 0 Å². The molecule has 2 N–H and O–H groups in total. The number of rotatable bonds is 5. The fourth-order valence-electron chi connectivity index (χ4n) is 4.71. The Kier molecular flexibility index (Phi) is 4.73. The Balaban J connectivity index is 1.66. The maximum atomic E-state index is 14.0. The summed E-state index contributed by atoms with van der Waals surface area (Å²) in [4.78, 5) is 0.105. The first kappa shape index (κ1) is 18.8. The third-order valence-corrected chi connectivity index (χ3v) is 7.28. The van der Waals surface area contributed by atoms with Gasteiger partial charge in [0.1, 0.15) is 0 Å². The lowest BCUT2D eigenvalue weighted by Crippen LogP contribution is -2.31. The van der Waals surface area contributed by atoms with E-state index < -0.39 is 21.9 Å². The van der Waals surface area contributed by atoms with E-state index in [2.05, 4.69) is 13.8 Å². The van der Waals surface area contributed by atoms with Gasteiger partial charge in [0, 0.05) is 12.3 Å². The minimum atomic E-state index is -3.69. The molecule has 0 bridgehead atoms. The molecule has 1 unspecified atom stereocenters. The molecule has 1 aromatic carbocycles. The van der Waals surface area contributed by atoms with Crippen LogP contribution in [0.4, 0.5) is 8.78 Å². The number of nitrogens with two attached hydrogens (primary N) is 1. The summed E-state index contributed by atoms with van der Waals surface area (Å²) in [6.07, 6.45) is 3.59. The van der Waals surface area contributed by atoms with E-state index >= 15 is 0 Å². The van der Waals surface area contributed by atoms with Gasteiger partial charge in [-0.2, -0.15) is 0 Å². The molecule has 0 radical (unpaired) electrons. The van der Waals surface area contributed by atoms with Crippen molar-refractivity contribution in [1.82, 2.24) is 0 Å². The van der Waals surface area contributed by atoms with Crippen LogP contribution in [-0.4, -0.2) is 14.3 Å². The van der Waals surface area contributed by atoms with E-state index in [-0.39, 0.29) is 16.7 Å². The number of benzene rings is 1. The maximum absolute atomic E-state index is 14.0. The van der Waals surface area contributed by atoms with Crippen molar-refractivity contribution in [2.75, 3.05) is 0 Å². The zero-order valence-corrected chi connectivity index (χ0v) is 15.7. The predicted molar refractivity (Wildman–Crippen MR) is 94.0 cm³/mol. The SMILES string of the molecule is CC1(C)[C@H](CCC2CCCCC2(F)F)[C@H]1c1ccc(S(N)(=O)=O)cc1. The van der Waals surface area contributed by atoms with Gasteiger partial charge in [-0.15, -0.1) is 0 Å². The lowest BCUT2D eigenvalue weighted by atomic mass is 9.82. The fourth-order valence-corrected chi connectivity index (χ4v) is 5.23. The molecule has 6 heteroatoms. The Hall–Kier alpha value is -1.01. The summed E-state index contributed by atoms with van der Waals surface area (Å²) in [7, 11) is -3.69. The summed E-state index contributed by atoms with van der Waals surface area (Å²) in [6.45, 7) is 4.32. The van der Waals surface area contributed by atoms with Crippen LogP contribution >= 0.6 is 0 Å². The third-order valence-electron chi connectivity index (χ3n) is 6.35. The van der Waals surface area contributed by atoms with Crippen molar-refractivity contribution >= 4 is 10.0 Å². The highest BCUT2D eigenvalue weighted by Crippen LogP contribution is 2.66. The van der Waals surface area contributed by atoms with E-state index in [9.17, 15) is 17.2 Å². The molecule has 1 aromatic rings. The van der Waals surface area contributed by atoms with Crippen molar-refractivity contribution in [3.05, 3.63) is 29.8 Å². The Bertz CT molecular complexity index is 728. The molecule has 2 aliphatic carbocycles. The largest absolute Gasteiger partial charge is 0.250 e. The Labute approximate surface area is 149 Å². The van der Waals surface area contributed by atoms with E-state index in [4.69, 9.17) is 5.14 Å². The van der Waals surface area contributed by atoms with Crippen molar-refractivity contribution < 1.29 is 17.2 Å². The van der Waals surface area contributed by atoms with E-state index in [0.29, 0.717) is 31.1 Å². The molecule has 0 amide bonds. The topological polar surface area (TPSA) is 60.2 Å². The monoisotopic (exact) mass is 371 g/mol. The Morgan fingerprint density at radius 3 is 2.32 bits per heavy atom. The standard InChI is InChI=1S/C19H27F2NO2S/c1-18(2)16(11-8-14-5-3-4-12-19(14,20)21)17(18)13-6-9-15(10-7-13)25(22,23)24/h6-7,9-10,14,16-17H,3-5,8,11-12H2,1-2H3,(H2,22,23,24)/t14?,16-,17-/m1/s1. The van der Waals surface area contributed by atoms with Crippen molar-refractivity contribution in [1.29, 1.82) is 0 Å². The molecule has 2 saturated carbocycles. The first-order chi connectivity index (χ1) is 11.5. The second-order valence-corrected chi connectivity index (χ2v) is 9.86. The van der Waals surface area contributed by atoms with Crippen LogP contribution in [0.1, 0.15) is 63.9 Å². The summed E-state index contributed by atoms with van der Waals surface area (Å²) < 4.78 is 50.8. The molecule has 3 atom stereocenters. The van der Waals surface area contributed by atoms with Gasteiger partial charge in [-0.3, -0.25) is 0 Å². The highest BCUT2D eigenvalue weighted by molar-refractivity contribution is 7.89. The minimum Gasteiger partial charge on any atom is -0.225 e. The first-order valence-electron chi connectivity index (χ1n) is 9.04. The summed E-state index contributed by atoms with van der Waals surface area (Å²) in [5.41, 5.74) is 1.13. The molecule has 3 rings (SSSR count). The first-order valence-corrected chi connectivity index (χ1v) is 10.6. The van der Waals surface area contributed by atoms with Gasteiger partial charge in [-0.05, 0) is 60.6 Å². The summed E-state index contributed by atoms with van der Waals surface area (Å²) in [5.74, 6) is -2.34. The van der Waals surface area contributed by atoms with Crippen LogP contribution in [0.3, 0.4) is 0 Å². The van der Waals surface area contributed by atoms with Gasteiger partial charge in [0.15, 0.2) is 0 Å². The zero-order chi connectivity index (χ0) is 18.5. The van der Waals surface area contributed by atoms with E-state index in [0.717, 1.165) is 18.4 Å². The van der Waals surface area contributed by atoms with Crippen LogP contribution in [0.2, 0.25) is 0 Å².